The first-order valence-corrected chi connectivity index (χ1v) is 15.5. The fourth-order valence-electron chi connectivity index (χ4n) is 4.83. The number of aliphatic hydroxyl groups is 2. The highest BCUT2D eigenvalue weighted by atomic mass is 32.3. The molecule has 1 aromatic rings. The molecule has 0 fully saturated rings. The molecular weight excluding hydrogens is 464 g/mol. The summed E-state index contributed by atoms with van der Waals surface area (Å²) in [5.41, 5.74) is 4.02. The third-order valence-corrected chi connectivity index (χ3v) is 7.81. The zero-order chi connectivity index (χ0) is 27.3. The molecule has 1 heterocycles. The molecule has 0 bridgehead atoms. The fourth-order valence-corrected chi connectivity index (χ4v) is 6.17. The van der Waals surface area contributed by atoms with Gasteiger partial charge < -0.3 is 10.2 Å². The standard InChI is InChI=1S/C27H41F2NO2S.C2H6/c1-10-17-23-20(14-27(5,6)15-22(23)32)30-25(16(3)4)24(17)21(31)13-12-19(29)26(18(28)11-2)33(7,8)9;1-2/h11-12,16,21-22,31-32H,2,10,13-15H2,1,3-9H3;1-2H3/b19-12+,26-18-;. The second kappa shape index (κ2) is 12.6. The largest absolute Gasteiger partial charge is 0.388 e. The number of hydrogen-bond donors (Lipinski definition) is 2. The highest BCUT2D eigenvalue weighted by molar-refractivity contribution is 8.35. The van der Waals surface area contributed by atoms with Crippen LogP contribution in [0.2, 0.25) is 0 Å². The Morgan fingerprint density at radius 1 is 1.23 bits per heavy atom. The van der Waals surface area contributed by atoms with Gasteiger partial charge in [-0.25, -0.2) is 18.8 Å². The Hall–Kier alpha value is -1.50. The van der Waals surface area contributed by atoms with Gasteiger partial charge in [0.15, 0.2) is 0 Å². The van der Waals surface area contributed by atoms with Crippen LogP contribution in [0, 0.1) is 5.41 Å². The smallest absolute Gasteiger partial charge is 0.137 e. The number of pyridine rings is 1. The van der Waals surface area contributed by atoms with Crippen molar-refractivity contribution in [2.45, 2.75) is 92.3 Å². The van der Waals surface area contributed by atoms with E-state index in [4.69, 9.17) is 4.98 Å². The Balaban J connectivity index is 0.00000298. The Bertz CT molecular complexity index is 958. The fraction of sp³-hybridized carbons (Fsp3) is 0.621. The molecule has 2 unspecified atom stereocenters. The maximum Gasteiger partial charge on any atom is 0.137 e. The number of aromatic nitrogens is 1. The summed E-state index contributed by atoms with van der Waals surface area (Å²) in [5.74, 6) is -1.28. The first-order chi connectivity index (χ1) is 16.1. The predicted molar refractivity (Wildman–Crippen MR) is 149 cm³/mol. The van der Waals surface area contributed by atoms with E-state index in [9.17, 15) is 14.6 Å². The van der Waals surface area contributed by atoms with E-state index in [1.165, 1.54) is 6.08 Å². The molecule has 2 N–H and O–H groups in total. The van der Waals surface area contributed by atoms with Crippen LogP contribution in [0.25, 0.3) is 0 Å². The topological polar surface area (TPSA) is 53.4 Å². The minimum Gasteiger partial charge on any atom is -0.388 e. The van der Waals surface area contributed by atoms with Gasteiger partial charge in [0, 0.05) is 22.5 Å². The monoisotopic (exact) mass is 511 g/mol. The van der Waals surface area contributed by atoms with Crippen molar-refractivity contribution in [1.29, 1.82) is 0 Å². The van der Waals surface area contributed by atoms with Gasteiger partial charge in [-0.3, -0.25) is 4.98 Å². The Labute approximate surface area is 213 Å². The van der Waals surface area contributed by atoms with Gasteiger partial charge in [0.25, 0.3) is 0 Å². The highest BCUT2D eigenvalue weighted by Gasteiger charge is 2.36. The van der Waals surface area contributed by atoms with Crippen LogP contribution in [0.15, 0.2) is 35.3 Å². The van der Waals surface area contributed by atoms with Crippen molar-refractivity contribution in [3.05, 3.63) is 63.4 Å². The summed E-state index contributed by atoms with van der Waals surface area (Å²) in [5, 5.41) is 22.2. The van der Waals surface area contributed by atoms with Gasteiger partial charge in [-0.2, -0.15) is 0 Å². The molecule has 2 rings (SSSR count). The summed E-state index contributed by atoms with van der Waals surface area (Å²) in [6.45, 7) is 17.7. The lowest BCUT2D eigenvalue weighted by molar-refractivity contribution is 0.0962. The van der Waals surface area contributed by atoms with E-state index >= 15 is 4.39 Å². The third-order valence-electron chi connectivity index (χ3n) is 6.20. The maximum absolute atomic E-state index is 15.1. The number of fused-ring (bicyclic) bond motifs is 1. The van der Waals surface area contributed by atoms with Gasteiger partial charge in [0.05, 0.1) is 17.1 Å². The average molecular weight is 512 g/mol. The number of aliphatic hydroxyl groups excluding tert-OH is 2. The van der Waals surface area contributed by atoms with Crippen LogP contribution in [0.5, 0.6) is 0 Å². The van der Waals surface area contributed by atoms with Crippen LogP contribution in [0.3, 0.4) is 0 Å². The molecule has 0 aliphatic heterocycles. The van der Waals surface area contributed by atoms with E-state index in [1.807, 2.05) is 53.4 Å². The molecule has 1 aliphatic rings. The van der Waals surface area contributed by atoms with Crippen LogP contribution in [-0.2, 0) is 12.8 Å². The van der Waals surface area contributed by atoms with Gasteiger partial charge in [-0.05, 0) is 73.5 Å². The van der Waals surface area contributed by atoms with Crippen LogP contribution in [0.4, 0.5) is 8.78 Å². The van der Waals surface area contributed by atoms with Gasteiger partial charge in [-0.1, -0.05) is 55.0 Å². The van der Waals surface area contributed by atoms with Crippen LogP contribution < -0.4 is 0 Å². The van der Waals surface area contributed by atoms with E-state index in [0.717, 1.165) is 35.0 Å². The predicted octanol–water partition coefficient (Wildman–Crippen LogP) is 8.14. The van der Waals surface area contributed by atoms with Crippen LogP contribution in [-0.4, -0.2) is 34.0 Å². The van der Waals surface area contributed by atoms with Gasteiger partial charge in [-0.15, -0.1) is 0 Å². The lowest BCUT2D eigenvalue weighted by Crippen LogP contribution is -2.29. The second-order valence-corrected chi connectivity index (χ2v) is 14.9. The van der Waals surface area contributed by atoms with Gasteiger partial charge in [0.1, 0.15) is 11.7 Å². The first-order valence-electron chi connectivity index (χ1n) is 12.6. The third kappa shape index (κ3) is 7.50. The lowest BCUT2D eigenvalue weighted by atomic mass is 9.72. The first kappa shape index (κ1) is 31.5. The SMILES string of the molecule is C=C/C(F)=C(\C(F)=C/CC(O)c1c(C(C)C)nc2c(c1CC)C(O)CC(C)(C)C2)S(C)(C)C.CC. The lowest BCUT2D eigenvalue weighted by Gasteiger charge is -2.37. The summed E-state index contributed by atoms with van der Waals surface area (Å²) in [6, 6.07) is 0. The van der Waals surface area contributed by atoms with Crippen molar-refractivity contribution in [2.24, 2.45) is 5.41 Å². The average Bonchev–Trinajstić information content (AvgIpc) is 2.75. The van der Waals surface area contributed by atoms with Crippen LogP contribution in [0.1, 0.15) is 108 Å². The maximum atomic E-state index is 15.1. The minimum atomic E-state index is -1.69. The molecular formula is C29H47F2NO2S. The van der Waals surface area contributed by atoms with Crippen molar-refractivity contribution >= 4 is 10.0 Å². The Morgan fingerprint density at radius 2 is 1.80 bits per heavy atom. The number of halogens is 2. The van der Waals surface area contributed by atoms with E-state index < -0.39 is 33.9 Å². The van der Waals surface area contributed by atoms with Crippen molar-refractivity contribution < 1.29 is 19.0 Å². The number of rotatable bonds is 8. The number of hydrogen-bond acceptors (Lipinski definition) is 3. The molecule has 1 aliphatic carbocycles. The van der Waals surface area contributed by atoms with Crippen molar-refractivity contribution in [3.8, 4) is 0 Å². The van der Waals surface area contributed by atoms with Crippen LogP contribution >= 0.6 is 10.0 Å². The molecule has 200 valence electrons. The van der Waals surface area contributed by atoms with Crippen molar-refractivity contribution in [2.75, 3.05) is 18.8 Å². The summed E-state index contributed by atoms with van der Waals surface area (Å²) < 4.78 is 29.5. The molecule has 6 heteroatoms. The summed E-state index contributed by atoms with van der Waals surface area (Å²) in [7, 11) is -1.69. The van der Waals surface area contributed by atoms with Gasteiger partial charge in [0.2, 0.25) is 0 Å². The molecule has 1 aromatic heterocycles. The molecule has 0 saturated heterocycles. The van der Waals surface area contributed by atoms with Crippen molar-refractivity contribution in [1.82, 2.24) is 4.98 Å². The Kier molecular flexibility index (Phi) is 11.4. The zero-order valence-electron chi connectivity index (χ0n) is 23.4. The molecule has 0 aromatic carbocycles. The molecule has 2 atom stereocenters. The molecule has 0 radical (unpaired) electrons. The summed E-state index contributed by atoms with van der Waals surface area (Å²) >= 11 is 0. The second-order valence-electron chi connectivity index (χ2n) is 10.8. The molecule has 35 heavy (non-hydrogen) atoms. The van der Waals surface area contributed by atoms with Crippen molar-refractivity contribution in [3.63, 3.8) is 0 Å². The van der Waals surface area contributed by atoms with E-state index in [-0.39, 0.29) is 22.7 Å². The summed E-state index contributed by atoms with van der Waals surface area (Å²) in [4.78, 5) is 4.94. The quantitative estimate of drug-likeness (QED) is 0.346. The number of allylic oxidation sites excluding steroid dienone is 3. The van der Waals surface area contributed by atoms with E-state index in [1.54, 1.807) is 0 Å². The number of nitrogens with zero attached hydrogens (tertiary/aromatic N) is 1. The Morgan fingerprint density at radius 3 is 2.26 bits per heavy atom. The summed E-state index contributed by atoms with van der Waals surface area (Å²) in [6.07, 6.45) is 8.10. The molecule has 0 spiro atoms. The molecule has 0 amide bonds. The van der Waals surface area contributed by atoms with E-state index in [2.05, 4.69) is 20.4 Å². The molecule has 3 nitrogen and oxygen atoms in total. The normalized spacial score (nSPS) is 19.9. The van der Waals surface area contributed by atoms with Gasteiger partial charge >= 0.3 is 0 Å². The molecule has 0 saturated carbocycles. The minimum absolute atomic E-state index is 0.00987. The zero-order valence-corrected chi connectivity index (χ0v) is 24.2. The highest BCUT2D eigenvalue weighted by Crippen LogP contribution is 2.51. The van der Waals surface area contributed by atoms with E-state index in [0.29, 0.717) is 18.4 Å².